The first-order valence-electron chi connectivity index (χ1n) is 2.64. The Balaban J connectivity index is 0. The van der Waals surface area contributed by atoms with Gasteiger partial charge in [0.05, 0.1) is 0 Å². The van der Waals surface area contributed by atoms with Crippen LogP contribution < -0.4 is 6.15 Å². The van der Waals surface area contributed by atoms with E-state index in [1.807, 2.05) is 30.3 Å². The first-order chi connectivity index (χ1) is 4.30. The van der Waals surface area contributed by atoms with Crippen LogP contribution in [0.4, 0.5) is 0 Å². The molecular formula is C7H10Cl2IN. The minimum absolute atomic E-state index is 0. The monoisotopic (exact) mass is 305 g/mol. The highest BCUT2D eigenvalue weighted by Crippen LogP contribution is 2.23. The van der Waals surface area contributed by atoms with Crippen LogP contribution in [0.3, 0.4) is 0 Å². The molecule has 4 heteroatoms. The highest BCUT2D eigenvalue weighted by molar-refractivity contribution is 14.0. The van der Waals surface area contributed by atoms with E-state index < -0.39 is 4.84 Å². The lowest BCUT2D eigenvalue weighted by molar-refractivity contribution is 1.35. The van der Waals surface area contributed by atoms with Gasteiger partial charge in [-0.3, -0.25) is 0 Å². The third-order valence-corrected chi connectivity index (χ3v) is 1.56. The molecule has 0 aliphatic heterocycles. The lowest BCUT2D eigenvalue weighted by Crippen LogP contribution is -1.76. The normalized spacial score (nSPS) is 8.27. The summed E-state index contributed by atoms with van der Waals surface area (Å²) in [6.07, 6.45) is 0. The molecule has 0 aromatic heterocycles. The number of benzene rings is 1. The Morgan fingerprint density at radius 3 is 1.73 bits per heavy atom. The average Bonchev–Trinajstić information content (AvgIpc) is 1.90. The largest absolute Gasteiger partial charge is 0.344 e. The second kappa shape index (κ2) is 7.16. The number of rotatable bonds is 1. The van der Waals surface area contributed by atoms with E-state index in [0.717, 1.165) is 5.56 Å². The summed E-state index contributed by atoms with van der Waals surface area (Å²) in [6, 6.07) is 9.54. The standard InChI is InChI=1S/C7H6Cl2.HI.H3N/c8-7(9)6-4-2-1-3-5-6;;/h1-5,7H;1H;1H3. The molecule has 1 rings (SSSR count). The average molecular weight is 306 g/mol. The molecule has 0 atom stereocenters. The van der Waals surface area contributed by atoms with Crippen LogP contribution in [-0.4, -0.2) is 0 Å². The molecule has 0 fully saturated rings. The molecule has 1 aromatic carbocycles. The van der Waals surface area contributed by atoms with Crippen molar-refractivity contribution in [3.8, 4) is 0 Å². The fourth-order valence-corrected chi connectivity index (χ4v) is 0.889. The molecule has 0 heterocycles. The van der Waals surface area contributed by atoms with Gasteiger partial charge in [-0.2, -0.15) is 0 Å². The number of hydrogen-bond donors (Lipinski definition) is 1. The maximum Gasteiger partial charge on any atom is 0.132 e. The van der Waals surface area contributed by atoms with Crippen LogP contribution in [-0.2, 0) is 0 Å². The van der Waals surface area contributed by atoms with E-state index in [-0.39, 0.29) is 30.1 Å². The second-order valence-electron chi connectivity index (χ2n) is 1.71. The molecule has 0 saturated heterocycles. The molecule has 1 aromatic rings. The molecule has 64 valence electrons. The number of alkyl halides is 2. The zero-order valence-corrected chi connectivity index (χ0v) is 9.68. The zero-order valence-electron chi connectivity index (χ0n) is 5.84. The summed E-state index contributed by atoms with van der Waals surface area (Å²) in [6.45, 7) is 0. The summed E-state index contributed by atoms with van der Waals surface area (Å²) < 4.78 is 0. The Hall–Kier alpha value is 0.490. The Labute approximate surface area is 93.7 Å². The molecule has 0 aliphatic carbocycles. The van der Waals surface area contributed by atoms with Crippen molar-refractivity contribution in [1.29, 1.82) is 0 Å². The number of hydrogen-bond acceptors (Lipinski definition) is 1. The predicted molar refractivity (Wildman–Crippen MR) is 61.3 cm³/mol. The molecule has 0 radical (unpaired) electrons. The van der Waals surface area contributed by atoms with Gasteiger partial charge in [-0.05, 0) is 5.56 Å². The van der Waals surface area contributed by atoms with Gasteiger partial charge in [0.25, 0.3) is 0 Å². The van der Waals surface area contributed by atoms with Crippen LogP contribution in [0.2, 0.25) is 0 Å². The van der Waals surface area contributed by atoms with Crippen molar-refractivity contribution in [2.24, 2.45) is 0 Å². The third kappa shape index (κ3) is 4.85. The van der Waals surface area contributed by atoms with Gasteiger partial charge in [0.1, 0.15) is 4.84 Å². The molecule has 0 spiro atoms. The van der Waals surface area contributed by atoms with Crippen molar-refractivity contribution in [1.82, 2.24) is 6.15 Å². The van der Waals surface area contributed by atoms with E-state index >= 15 is 0 Å². The zero-order chi connectivity index (χ0) is 6.69. The van der Waals surface area contributed by atoms with Gasteiger partial charge >= 0.3 is 0 Å². The Morgan fingerprint density at radius 2 is 1.45 bits per heavy atom. The summed E-state index contributed by atoms with van der Waals surface area (Å²) in [7, 11) is 0. The molecule has 0 aliphatic rings. The highest BCUT2D eigenvalue weighted by Gasteiger charge is 1.98. The molecule has 3 N–H and O–H groups in total. The van der Waals surface area contributed by atoms with E-state index in [1.165, 1.54) is 0 Å². The first kappa shape index (κ1) is 14.0. The predicted octanol–water partition coefficient (Wildman–Crippen LogP) is 3.94. The lowest BCUT2D eigenvalue weighted by atomic mass is 10.2. The minimum atomic E-state index is -0.397. The smallest absolute Gasteiger partial charge is 0.132 e. The summed E-state index contributed by atoms with van der Waals surface area (Å²) in [5.74, 6) is 0. The van der Waals surface area contributed by atoms with Crippen LogP contribution in [0.25, 0.3) is 0 Å². The SMILES string of the molecule is ClC(Cl)c1ccccc1.I.N. The van der Waals surface area contributed by atoms with Crippen LogP contribution in [0, 0.1) is 0 Å². The maximum absolute atomic E-state index is 5.57. The molecule has 0 amide bonds. The van der Waals surface area contributed by atoms with Gasteiger partial charge in [-0.25, -0.2) is 0 Å². The highest BCUT2D eigenvalue weighted by atomic mass is 127. The lowest BCUT2D eigenvalue weighted by Gasteiger charge is -1.97. The van der Waals surface area contributed by atoms with E-state index in [2.05, 4.69) is 0 Å². The second-order valence-corrected chi connectivity index (χ2v) is 2.81. The Morgan fingerprint density at radius 1 is 1.00 bits per heavy atom. The molecule has 0 saturated carbocycles. The first-order valence-corrected chi connectivity index (χ1v) is 3.51. The van der Waals surface area contributed by atoms with Crippen LogP contribution in [0.5, 0.6) is 0 Å². The molecular weight excluding hydrogens is 296 g/mol. The maximum atomic E-state index is 5.57. The van der Waals surface area contributed by atoms with Gasteiger partial charge in [0, 0.05) is 0 Å². The van der Waals surface area contributed by atoms with Crippen molar-refractivity contribution >= 4 is 47.2 Å². The summed E-state index contributed by atoms with van der Waals surface area (Å²) >= 11 is 11.1. The van der Waals surface area contributed by atoms with Crippen molar-refractivity contribution in [2.45, 2.75) is 4.84 Å². The van der Waals surface area contributed by atoms with Gasteiger partial charge in [0.2, 0.25) is 0 Å². The summed E-state index contributed by atoms with van der Waals surface area (Å²) in [4.78, 5) is -0.397. The molecule has 0 bridgehead atoms. The van der Waals surface area contributed by atoms with Gasteiger partial charge in [0.15, 0.2) is 0 Å². The van der Waals surface area contributed by atoms with Crippen LogP contribution in [0.1, 0.15) is 10.4 Å². The molecule has 0 unspecified atom stereocenters. The van der Waals surface area contributed by atoms with Crippen molar-refractivity contribution < 1.29 is 0 Å². The topological polar surface area (TPSA) is 35.0 Å². The fourth-order valence-electron chi connectivity index (χ4n) is 0.599. The van der Waals surface area contributed by atoms with E-state index in [9.17, 15) is 0 Å². The Bertz CT molecular complexity index is 179. The van der Waals surface area contributed by atoms with Crippen molar-refractivity contribution in [2.75, 3.05) is 0 Å². The van der Waals surface area contributed by atoms with Crippen molar-refractivity contribution in [3.63, 3.8) is 0 Å². The third-order valence-electron chi connectivity index (χ3n) is 1.05. The fraction of sp³-hybridized carbons (Fsp3) is 0.143. The molecule has 1 nitrogen and oxygen atoms in total. The van der Waals surface area contributed by atoms with E-state index in [4.69, 9.17) is 23.2 Å². The molecule has 11 heavy (non-hydrogen) atoms. The van der Waals surface area contributed by atoms with E-state index in [1.54, 1.807) is 0 Å². The van der Waals surface area contributed by atoms with Gasteiger partial charge in [-0.15, -0.1) is 47.2 Å². The van der Waals surface area contributed by atoms with Gasteiger partial charge in [-0.1, -0.05) is 30.3 Å². The van der Waals surface area contributed by atoms with Crippen LogP contribution >= 0.6 is 47.2 Å². The summed E-state index contributed by atoms with van der Waals surface area (Å²) in [5.41, 5.74) is 0.945. The summed E-state index contributed by atoms with van der Waals surface area (Å²) in [5, 5.41) is 0. The number of halogens is 3. The quantitative estimate of drug-likeness (QED) is 0.619. The van der Waals surface area contributed by atoms with Crippen LogP contribution in [0.15, 0.2) is 30.3 Å². The van der Waals surface area contributed by atoms with Gasteiger partial charge < -0.3 is 6.15 Å². The minimum Gasteiger partial charge on any atom is -0.344 e. The van der Waals surface area contributed by atoms with E-state index in [0.29, 0.717) is 0 Å². The van der Waals surface area contributed by atoms with Crippen molar-refractivity contribution in [3.05, 3.63) is 35.9 Å². The Kier molecular flexibility index (Phi) is 9.13.